The van der Waals surface area contributed by atoms with Crippen LogP contribution in [0, 0.1) is 0 Å². The first kappa shape index (κ1) is 10.3. The quantitative estimate of drug-likeness (QED) is 0.920. The van der Waals surface area contributed by atoms with Gasteiger partial charge in [-0.15, -0.1) is 5.10 Å². The molecule has 1 N–H and O–H groups in total. The van der Waals surface area contributed by atoms with Crippen molar-refractivity contribution in [3.63, 3.8) is 0 Å². The predicted molar refractivity (Wildman–Crippen MR) is 60.2 cm³/mol. The molecule has 1 aliphatic carbocycles. The van der Waals surface area contributed by atoms with Crippen LogP contribution in [0.4, 0.5) is 0 Å². The van der Waals surface area contributed by atoms with Gasteiger partial charge in [0, 0.05) is 6.04 Å². The minimum Gasteiger partial charge on any atom is -0.267 e. The largest absolute Gasteiger partial charge is 0.344 e. The van der Waals surface area contributed by atoms with Crippen LogP contribution in [0.15, 0.2) is 15.0 Å². The highest BCUT2D eigenvalue weighted by atomic mass is 35.5. The van der Waals surface area contributed by atoms with Crippen LogP contribution >= 0.6 is 35.1 Å². The molecule has 2 aromatic rings. The molecular formula is C7H6ClN5OS2. The Bertz CT molecular complexity index is 571. The molecule has 3 rings (SSSR count). The van der Waals surface area contributed by atoms with Gasteiger partial charge < -0.3 is 0 Å². The van der Waals surface area contributed by atoms with E-state index in [4.69, 9.17) is 11.6 Å². The molecule has 16 heavy (non-hydrogen) atoms. The van der Waals surface area contributed by atoms with Gasteiger partial charge in [0.2, 0.25) is 0 Å². The summed E-state index contributed by atoms with van der Waals surface area (Å²) in [4.78, 5) is 11.5. The van der Waals surface area contributed by atoms with E-state index in [-0.39, 0.29) is 11.7 Å². The monoisotopic (exact) mass is 275 g/mol. The molecule has 0 bridgehead atoms. The third-order valence-corrected chi connectivity index (χ3v) is 4.26. The van der Waals surface area contributed by atoms with Crippen molar-refractivity contribution < 1.29 is 0 Å². The van der Waals surface area contributed by atoms with Crippen molar-refractivity contribution in [2.75, 3.05) is 0 Å². The highest BCUT2D eigenvalue weighted by molar-refractivity contribution is 7.99. The summed E-state index contributed by atoms with van der Waals surface area (Å²) in [6.07, 6.45) is 2.05. The summed E-state index contributed by atoms with van der Waals surface area (Å²) >= 11 is 8.14. The molecule has 9 heteroatoms. The van der Waals surface area contributed by atoms with Crippen LogP contribution in [0.5, 0.6) is 0 Å². The van der Waals surface area contributed by atoms with Crippen molar-refractivity contribution in [2.45, 2.75) is 29.1 Å². The maximum Gasteiger partial charge on any atom is 0.344 e. The maximum absolute atomic E-state index is 11.5. The molecule has 0 unspecified atom stereocenters. The number of H-pyrrole nitrogens is 1. The zero-order chi connectivity index (χ0) is 11.1. The highest BCUT2D eigenvalue weighted by Gasteiger charge is 2.29. The number of aromatic nitrogens is 5. The first-order valence-electron chi connectivity index (χ1n) is 4.58. The number of nitrogens with zero attached hydrogens (tertiary/aromatic N) is 4. The fourth-order valence-corrected chi connectivity index (χ4v) is 3.03. The van der Waals surface area contributed by atoms with E-state index < -0.39 is 0 Å². The van der Waals surface area contributed by atoms with Gasteiger partial charge in [0.05, 0.1) is 11.7 Å². The first-order chi connectivity index (χ1) is 7.75. The highest BCUT2D eigenvalue weighted by Crippen LogP contribution is 2.38. The van der Waals surface area contributed by atoms with Crippen molar-refractivity contribution in [3.8, 4) is 0 Å². The predicted octanol–water partition coefficient (Wildman–Crippen LogP) is 1.56. The van der Waals surface area contributed by atoms with Crippen molar-refractivity contribution in [3.05, 3.63) is 15.6 Å². The molecule has 1 aliphatic rings. The number of hydrogen-bond donors (Lipinski definition) is 1. The van der Waals surface area contributed by atoms with E-state index >= 15 is 0 Å². The van der Waals surface area contributed by atoms with E-state index in [1.54, 1.807) is 4.57 Å². The Labute approximate surface area is 103 Å². The van der Waals surface area contributed by atoms with Crippen molar-refractivity contribution in [1.29, 1.82) is 0 Å². The van der Waals surface area contributed by atoms with Gasteiger partial charge in [0.25, 0.3) is 0 Å². The molecule has 0 radical (unpaired) electrons. The Hall–Kier alpha value is -0.860. The van der Waals surface area contributed by atoms with E-state index in [0.717, 1.165) is 24.6 Å². The minimum absolute atomic E-state index is 0.177. The second-order valence-corrected chi connectivity index (χ2v) is 5.22. The lowest BCUT2D eigenvalue weighted by Crippen LogP contribution is -2.16. The van der Waals surface area contributed by atoms with Crippen LogP contribution in [0.25, 0.3) is 0 Å². The van der Waals surface area contributed by atoms with Gasteiger partial charge in [-0.2, -0.15) is 8.75 Å². The number of rotatable bonds is 3. The molecule has 0 aromatic carbocycles. The Balaban J connectivity index is 1.95. The van der Waals surface area contributed by atoms with Crippen molar-refractivity contribution in [1.82, 2.24) is 23.5 Å². The normalized spacial score (nSPS) is 15.6. The molecule has 2 aromatic heterocycles. The molecule has 0 amide bonds. The Morgan fingerprint density at radius 2 is 2.31 bits per heavy atom. The van der Waals surface area contributed by atoms with Crippen molar-refractivity contribution in [2.24, 2.45) is 0 Å². The van der Waals surface area contributed by atoms with Gasteiger partial charge in [0.1, 0.15) is 0 Å². The van der Waals surface area contributed by atoms with E-state index in [2.05, 4.69) is 18.9 Å². The Kier molecular flexibility index (Phi) is 2.49. The van der Waals surface area contributed by atoms with E-state index in [1.807, 2.05) is 0 Å². The molecule has 0 atom stereocenters. The Morgan fingerprint density at radius 3 is 2.94 bits per heavy atom. The number of nitrogens with one attached hydrogen (secondary N) is 1. The van der Waals surface area contributed by atoms with Gasteiger partial charge in [-0.25, -0.2) is 9.89 Å². The van der Waals surface area contributed by atoms with Gasteiger partial charge in [-0.1, -0.05) is 11.6 Å². The van der Waals surface area contributed by atoms with E-state index in [1.165, 1.54) is 11.8 Å². The summed E-state index contributed by atoms with van der Waals surface area (Å²) in [5.74, 6) is 0. The van der Waals surface area contributed by atoms with E-state index in [0.29, 0.717) is 15.3 Å². The van der Waals surface area contributed by atoms with Crippen LogP contribution in [-0.2, 0) is 0 Å². The first-order valence-corrected chi connectivity index (χ1v) is 6.51. The lowest BCUT2D eigenvalue weighted by Gasteiger charge is -2.00. The molecular weight excluding hydrogens is 270 g/mol. The van der Waals surface area contributed by atoms with E-state index in [9.17, 15) is 4.79 Å². The van der Waals surface area contributed by atoms with Gasteiger partial charge in [0.15, 0.2) is 15.3 Å². The summed E-state index contributed by atoms with van der Waals surface area (Å²) in [7, 11) is 0. The standard InChI is InChI=1S/C7H6ClN5OS2/c8-4-5(12-16-11-4)15-7-10-9-6(14)13(7)3-1-2-3/h3H,1-2H2,(H,9,14). The lowest BCUT2D eigenvalue weighted by molar-refractivity contribution is 0.642. The average molecular weight is 276 g/mol. The number of aromatic amines is 1. The molecule has 1 saturated carbocycles. The summed E-state index contributed by atoms with van der Waals surface area (Å²) in [6.45, 7) is 0. The zero-order valence-corrected chi connectivity index (χ0v) is 10.3. The molecule has 2 heterocycles. The molecule has 84 valence electrons. The summed E-state index contributed by atoms with van der Waals surface area (Å²) in [6, 6.07) is 0.277. The maximum atomic E-state index is 11.5. The SMILES string of the molecule is O=c1[nH]nc(Sc2nsnc2Cl)n1C1CC1. The average Bonchev–Trinajstić information content (AvgIpc) is 2.92. The number of hydrogen-bond acceptors (Lipinski definition) is 6. The summed E-state index contributed by atoms with van der Waals surface area (Å²) in [5, 5.41) is 7.94. The summed E-state index contributed by atoms with van der Waals surface area (Å²) < 4.78 is 9.55. The van der Waals surface area contributed by atoms with Crippen LogP contribution in [-0.4, -0.2) is 23.5 Å². The summed E-state index contributed by atoms with van der Waals surface area (Å²) in [5.41, 5.74) is -0.177. The second-order valence-electron chi connectivity index (χ2n) is 3.37. The van der Waals surface area contributed by atoms with Gasteiger partial charge >= 0.3 is 5.69 Å². The van der Waals surface area contributed by atoms with Crippen LogP contribution in [0.3, 0.4) is 0 Å². The van der Waals surface area contributed by atoms with Gasteiger partial charge in [-0.3, -0.25) is 4.57 Å². The fourth-order valence-electron chi connectivity index (χ4n) is 1.33. The molecule has 1 fully saturated rings. The number of halogens is 1. The molecule has 0 saturated heterocycles. The third kappa shape index (κ3) is 1.76. The Morgan fingerprint density at radius 1 is 1.50 bits per heavy atom. The minimum atomic E-state index is -0.177. The second kappa shape index (κ2) is 3.86. The topological polar surface area (TPSA) is 76.5 Å². The van der Waals surface area contributed by atoms with Crippen LogP contribution in [0.2, 0.25) is 5.15 Å². The molecule has 0 spiro atoms. The van der Waals surface area contributed by atoms with Crippen molar-refractivity contribution >= 4 is 35.1 Å². The smallest absolute Gasteiger partial charge is 0.267 e. The third-order valence-electron chi connectivity index (χ3n) is 2.19. The molecule has 6 nitrogen and oxygen atoms in total. The lowest BCUT2D eigenvalue weighted by atomic mass is 10.7. The van der Waals surface area contributed by atoms with Crippen LogP contribution in [0.1, 0.15) is 18.9 Å². The molecule has 0 aliphatic heterocycles. The zero-order valence-electron chi connectivity index (χ0n) is 7.88. The fraction of sp³-hybridized carbons (Fsp3) is 0.429. The van der Waals surface area contributed by atoms with Gasteiger partial charge in [-0.05, 0) is 24.6 Å². The van der Waals surface area contributed by atoms with Crippen LogP contribution < -0.4 is 5.69 Å².